The summed E-state index contributed by atoms with van der Waals surface area (Å²) in [5.41, 5.74) is -1.51. The molecule has 4 aliphatic heterocycles. The molecule has 41 heavy (non-hydrogen) atoms. The summed E-state index contributed by atoms with van der Waals surface area (Å²) in [5.74, 6) is -2.80. The van der Waals surface area contributed by atoms with Crippen LogP contribution in [0, 0.1) is 11.8 Å². The van der Waals surface area contributed by atoms with Crippen LogP contribution in [0.1, 0.15) is 63.9 Å². The van der Waals surface area contributed by atoms with Gasteiger partial charge in [0.25, 0.3) is 0 Å². The summed E-state index contributed by atoms with van der Waals surface area (Å²) in [6.45, 7) is 2.25. The number of likely N-dealkylation sites (tertiary alicyclic amines) is 1. The van der Waals surface area contributed by atoms with Gasteiger partial charge in [-0.25, -0.2) is 0 Å². The topological polar surface area (TPSA) is 96.4 Å². The first-order valence-corrected chi connectivity index (χ1v) is 15.4. The summed E-state index contributed by atoms with van der Waals surface area (Å²) < 4.78 is 12.7. The van der Waals surface area contributed by atoms with E-state index in [4.69, 9.17) is 9.47 Å². The Balaban J connectivity index is 1.47. The van der Waals surface area contributed by atoms with Gasteiger partial charge in [0.05, 0.1) is 30.8 Å². The molecule has 1 aromatic rings. The highest BCUT2D eigenvalue weighted by Crippen LogP contribution is 2.57. The molecule has 0 radical (unpaired) electrons. The number of aliphatic hydroxyl groups is 1. The Labute approximate surface area is 242 Å². The molecule has 2 amide bonds. The number of carbonyl (C=O) groups excluding carboxylic acids is 3. The zero-order valence-electron chi connectivity index (χ0n) is 24.0. The van der Waals surface area contributed by atoms with Crippen LogP contribution in [0.5, 0.6) is 0 Å². The van der Waals surface area contributed by atoms with Gasteiger partial charge in [0.1, 0.15) is 17.6 Å². The fourth-order valence-corrected chi connectivity index (χ4v) is 8.01. The van der Waals surface area contributed by atoms with Gasteiger partial charge in [-0.15, -0.1) is 0 Å². The average molecular weight is 563 g/mol. The van der Waals surface area contributed by atoms with Crippen molar-refractivity contribution >= 4 is 17.8 Å². The number of hydrogen-bond acceptors (Lipinski definition) is 6. The molecule has 1 N–H and O–H groups in total. The lowest BCUT2D eigenvalue weighted by Crippen LogP contribution is -2.60. The number of aliphatic hydroxyl groups excluding tert-OH is 1. The Bertz CT molecular complexity index is 1210. The summed E-state index contributed by atoms with van der Waals surface area (Å²) in [7, 11) is 0. The third-order valence-electron chi connectivity index (χ3n) is 9.90. The maximum absolute atomic E-state index is 14.7. The predicted molar refractivity (Wildman–Crippen MR) is 153 cm³/mol. The van der Waals surface area contributed by atoms with Crippen molar-refractivity contribution in [3.8, 4) is 0 Å². The second kappa shape index (κ2) is 11.4. The van der Waals surface area contributed by atoms with Crippen LogP contribution in [0.15, 0.2) is 54.6 Å². The molecule has 8 nitrogen and oxygen atoms in total. The molecule has 6 rings (SSSR count). The van der Waals surface area contributed by atoms with Gasteiger partial charge < -0.3 is 24.4 Å². The molecule has 0 bridgehead atoms. The second-order valence-electron chi connectivity index (χ2n) is 12.5. The number of allylic oxidation sites excluding steroid dienone is 1. The molecule has 1 saturated carbocycles. The Morgan fingerprint density at radius 2 is 1.73 bits per heavy atom. The summed E-state index contributed by atoms with van der Waals surface area (Å²) >= 11 is 0. The van der Waals surface area contributed by atoms with Crippen molar-refractivity contribution < 1.29 is 29.0 Å². The zero-order chi connectivity index (χ0) is 28.6. The number of benzene rings is 1. The maximum atomic E-state index is 14.7. The van der Waals surface area contributed by atoms with Gasteiger partial charge >= 0.3 is 5.97 Å². The first kappa shape index (κ1) is 28.2. The number of fused-ring (bicyclic) bond motifs is 2. The third-order valence-corrected chi connectivity index (χ3v) is 9.90. The highest BCUT2D eigenvalue weighted by molar-refractivity contribution is 5.99. The van der Waals surface area contributed by atoms with Crippen molar-refractivity contribution in [2.75, 3.05) is 19.8 Å². The molecular formula is C33H42N2O6. The van der Waals surface area contributed by atoms with E-state index in [9.17, 15) is 19.5 Å². The number of amides is 2. The van der Waals surface area contributed by atoms with Crippen molar-refractivity contribution in [2.45, 2.75) is 94.0 Å². The van der Waals surface area contributed by atoms with Crippen LogP contribution >= 0.6 is 0 Å². The highest BCUT2D eigenvalue weighted by atomic mass is 16.6. The number of cyclic esters (lactones) is 1. The zero-order valence-corrected chi connectivity index (χ0v) is 24.0. The second-order valence-corrected chi connectivity index (χ2v) is 12.5. The quantitative estimate of drug-likeness (QED) is 0.436. The van der Waals surface area contributed by atoms with Crippen molar-refractivity contribution in [1.29, 1.82) is 0 Å². The Hall–Kier alpha value is -2.97. The molecule has 3 fully saturated rings. The van der Waals surface area contributed by atoms with E-state index in [2.05, 4.69) is 0 Å². The fraction of sp³-hybridized carbons (Fsp3) is 0.606. The smallest absolute Gasteiger partial charge is 0.313 e. The van der Waals surface area contributed by atoms with E-state index in [0.29, 0.717) is 13.0 Å². The lowest BCUT2D eigenvalue weighted by Gasteiger charge is -2.42. The van der Waals surface area contributed by atoms with Gasteiger partial charge in [-0.05, 0) is 51.0 Å². The lowest BCUT2D eigenvalue weighted by molar-refractivity contribution is -0.162. The molecule has 4 heterocycles. The Morgan fingerprint density at radius 3 is 2.49 bits per heavy atom. The predicted octanol–water partition coefficient (Wildman–Crippen LogP) is 3.58. The minimum atomic E-state index is -1.35. The van der Waals surface area contributed by atoms with Crippen LogP contribution in [-0.4, -0.2) is 81.8 Å². The molecular weight excluding hydrogens is 520 g/mol. The summed E-state index contributed by atoms with van der Waals surface area (Å²) in [6.07, 6.45) is 15.8. The van der Waals surface area contributed by atoms with Gasteiger partial charge in [-0.3, -0.25) is 14.4 Å². The first-order valence-electron chi connectivity index (χ1n) is 15.4. The Morgan fingerprint density at radius 1 is 0.951 bits per heavy atom. The van der Waals surface area contributed by atoms with E-state index < -0.39 is 41.1 Å². The summed E-state index contributed by atoms with van der Waals surface area (Å²) in [5, 5.41) is 10.7. The summed E-state index contributed by atoms with van der Waals surface area (Å²) in [4.78, 5) is 46.6. The normalized spacial score (nSPS) is 35.8. The van der Waals surface area contributed by atoms with E-state index in [1.54, 1.807) is 4.90 Å². The number of carbonyl (C=O) groups is 3. The van der Waals surface area contributed by atoms with Gasteiger partial charge in [-0.2, -0.15) is 0 Å². The van der Waals surface area contributed by atoms with Crippen LogP contribution in [0.2, 0.25) is 0 Å². The van der Waals surface area contributed by atoms with Crippen LogP contribution in [0.3, 0.4) is 0 Å². The molecule has 220 valence electrons. The van der Waals surface area contributed by atoms with Crippen LogP contribution in [-0.2, 0) is 30.3 Å². The molecule has 1 aromatic carbocycles. The van der Waals surface area contributed by atoms with Gasteiger partial charge in [0, 0.05) is 12.6 Å². The fourth-order valence-electron chi connectivity index (χ4n) is 8.01. The molecule has 1 unspecified atom stereocenters. The molecule has 1 aliphatic carbocycles. The molecule has 8 heteroatoms. The summed E-state index contributed by atoms with van der Waals surface area (Å²) in [6, 6.07) is 8.14. The molecule has 1 spiro atoms. The van der Waals surface area contributed by atoms with Crippen molar-refractivity contribution in [3.05, 3.63) is 60.2 Å². The van der Waals surface area contributed by atoms with Crippen molar-refractivity contribution in [1.82, 2.24) is 9.80 Å². The average Bonchev–Trinajstić information content (AvgIpc) is 3.32. The number of esters is 1. The SMILES string of the molecule is C[C@@]12/C=C\CCCCOC(=O)[C@@H]1[C@H]1C(=O)N([C@@H](CO)Cc3ccccc3)C3C(=O)N(C4CCCCC4)CC=C[C@@]31O2. The molecule has 0 aromatic heterocycles. The minimum absolute atomic E-state index is 0.0938. The van der Waals surface area contributed by atoms with Gasteiger partial charge in [-0.1, -0.05) is 73.9 Å². The largest absolute Gasteiger partial charge is 0.465 e. The number of nitrogens with zero attached hydrogens (tertiary/aromatic N) is 2. The van der Waals surface area contributed by atoms with Crippen LogP contribution in [0.25, 0.3) is 0 Å². The highest BCUT2D eigenvalue weighted by Gasteiger charge is 2.75. The molecule has 2 saturated heterocycles. The molecule has 6 atom stereocenters. The standard InChI is InChI=1S/C33H42N2O6/c1-32-17-10-2-3-11-20-40-31(39)27(32)26-29(37)35(25(22-36)21-23-13-6-4-7-14-23)28-30(38)34(24-15-8-5-9-16-24)19-12-18-33(26,28)41-32/h4,6-7,10,12-14,17-18,24-28,36H,2-3,5,8-9,11,15-16,19-22H2,1H3/b17-10-/t25-,26+,27+,28?,32-,33+/m1/s1. The third kappa shape index (κ3) is 4.83. The maximum Gasteiger partial charge on any atom is 0.313 e. The first-order chi connectivity index (χ1) is 19.9. The minimum Gasteiger partial charge on any atom is -0.465 e. The van der Waals surface area contributed by atoms with E-state index in [1.165, 1.54) is 0 Å². The van der Waals surface area contributed by atoms with Gasteiger partial charge in [0.15, 0.2) is 0 Å². The van der Waals surface area contributed by atoms with Gasteiger partial charge in [0.2, 0.25) is 11.8 Å². The van der Waals surface area contributed by atoms with E-state index >= 15 is 0 Å². The monoisotopic (exact) mass is 562 g/mol. The van der Waals surface area contributed by atoms with Crippen molar-refractivity contribution in [3.63, 3.8) is 0 Å². The van der Waals surface area contributed by atoms with Crippen LogP contribution < -0.4 is 0 Å². The lowest BCUT2D eigenvalue weighted by atomic mass is 9.74. The number of hydrogen-bond donors (Lipinski definition) is 1. The van der Waals surface area contributed by atoms with Crippen LogP contribution in [0.4, 0.5) is 0 Å². The number of rotatable bonds is 5. The number of ether oxygens (including phenoxy) is 2. The van der Waals surface area contributed by atoms with E-state index in [1.807, 2.05) is 66.5 Å². The van der Waals surface area contributed by atoms with Crippen molar-refractivity contribution in [2.24, 2.45) is 11.8 Å². The van der Waals surface area contributed by atoms with E-state index in [-0.39, 0.29) is 31.1 Å². The Kier molecular flexibility index (Phi) is 7.81. The molecule has 5 aliphatic rings. The van der Waals surface area contributed by atoms with E-state index in [0.717, 1.165) is 56.9 Å².